The fourth-order valence-corrected chi connectivity index (χ4v) is 2.68. The van der Waals surface area contributed by atoms with Crippen LogP contribution in [0.15, 0.2) is 4.99 Å². The summed E-state index contributed by atoms with van der Waals surface area (Å²) in [5.74, 6) is 0.533. The maximum atomic E-state index is 5.84. The largest absolute Gasteiger partial charge is 0.370 e. The molecule has 0 spiro atoms. The van der Waals surface area contributed by atoms with Crippen molar-refractivity contribution in [3.05, 3.63) is 10.0 Å². The van der Waals surface area contributed by atoms with Gasteiger partial charge in [0.1, 0.15) is 10.0 Å². The van der Waals surface area contributed by atoms with Gasteiger partial charge in [0.05, 0.1) is 6.54 Å². The van der Waals surface area contributed by atoms with E-state index < -0.39 is 0 Å². The van der Waals surface area contributed by atoms with Gasteiger partial charge in [0, 0.05) is 6.04 Å². The van der Waals surface area contributed by atoms with Gasteiger partial charge in [-0.3, -0.25) is 0 Å². The topological polar surface area (TPSA) is 76.2 Å². The van der Waals surface area contributed by atoms with E-state index >= 15 is 0 Å². The standard InChI is InChI=1S/C11H19N5S.HI/c1-2-9-15-16-10(17-9)7-13-11(12)14-8-5-3-4-6-8;/h8H,2-7H2,1H3,(H3,12,13,14);1H. The zero-order chi connectivity index (χ0) is 12.1. The summed E-state index contributed by atoms with van der Waals surface area (Å²) >= 11 is 1.60. The highest BCUT2D eigenvalue weighted by atomic mass is 127. The molecule has 2 rings (SSSR count). The molecule has 1 aromatic heterocycles. The summed E-state index contributed by atoms with van der Waals surface area (Å²) in [5, 5.41) is 13.4. The molecule has 1 aliphatic carbocycles. The molecular weight excluding hydrogens is 361 g/mol. The summed E-state index contributed by atoms with van der Waals surface area (Å²) in [6, 6.07) is 0.513. The zero-order valence-electron chi connectivity index (χ0n) is 10.6. The Bertz CT molecular complexity index is 387. The van der Waals surface area contributed by atoms with Crippen LogP contribution in [0.25, 0.3) is 0 Å². The first kappa shape index (κ1) is 15.6. The molecule has 5 nitrogen and oxygen atoms in total. The first-order chi connectivity index (χ1) is 8.28. The lowest BCUT2D eigenvalue weighted by molar-refractivity contribution is 0.625. The SMILES string of the molecule is CCc1nnc(CN=C(N)NC2CCCC2)s1.I. The first-order valence-corrected chi connectivity index (χ1v) is 6.97. The van der Waals surface area contributed by atoms with Crippen LogP contribution in [0.3, 0.4) is 0 Å². The Morgan fingerprint density at radius 2 is 2.06 bits per heavy atom. The van der Waals surface area contributed by atoms with E-state index in [1.54, 1.807) is 11.3 Å². The van der Waals surface area contributed by atoms with E-state index in [1.807, 2.05) is 0 Å². The maximum Gasteiger partial charge on any atom is 0.189 e. The number of nitrogens with one attached hydrogen (secondary N) is 1. The van der Waals surface area contributed by atoms with Crippen molar-refractivity contribution in [1.82, 2.24) is 15.5 Å². The number of aliphatic imine (C=N–C) groups is 1. The minimum Gasteiger partial charge on any atom is -0.370 e. The summed E-state index contributed by atoms with van der Waals surface area (Å²) < 4.78 is 0. The van der Waals surface area contributed by atoms with E-state index in [2.05, 4.69) is 27.4 Å². The number of nitrogens with two attached hydrogens (primary N) is 1. The van der Waals surface area contributed by atoms with Crippen molar-refractivity contribution in [3.8, 4) is 0 Å². The fourth-order valence-electron chi connectivity index (χ4n) is 1.97. The van der Waals surface area contributed by atoms with Crippen LogP contribution >= 0.6 is 35.3 Å². The van der Waals surface area contributed by atoms with E-state index in [1.165, 1.54) is 25.7 Å². The Kier molecular flexibility index (Phi) is 6.83. The van der Waals surface area contributed by atoms with Gasteiger partial charge in [0.25, 0.3) is 0 Å². The van der Waals surface area contributed by atoms with E-state index in [4.69, 9.17) is 5.73 Å². The van der Waals surface area contributed by atoms with Crippen molar-refractivity contribution in [2.24, 2.45) is 10.7 Å². The van der Waals surface area contributed by atoms with Crippen LogP contribution in [0.4, 0.5) is 0 Å². The molecule has 0 radical (unpaired) electrons. The number of halogens is 1. The molecule has 1 aromatic rings. The highest BCUT2D eigenvalue weighted by Gasteiger charge is 2.14. The molecule has 18 heavy (non-hydrogen) atoms. The van der Waals surface area contributed by atoms with Gasteiger partial charge in [-0.05, 0) is 19.3 Å². The van der Waals surface area contributed by atoms with E-state index in [9.17, 15) is 0 Å². The van der Waals surface area contributed by atoms with Crippen LogP contribution in [-0.2, 0) is 13.0 Å². The molecule has 0 atom stereocenters. The van der Waals surface area contributed by atoms with Gasteiger partial charge < -0.3 is 11.1 Å². The molecule has 0 saturated heterocycles. The van der Waals surface area contributed by atoms with Gasteiger partial charge in [-0.25, -0.2) is 4.99 Å². The predicted molar refractivity (Wildman–Crippen MR) is 85.4 cm³/mol. The Balaban J connectivity index is 0.00000162. The molecule has 1 saturated carbocycles. The highest BCUT2D eigenvalue weighted by molar-refractivity contribution is 14.0. The van der Waals surface area contributed by atoms with Crippen LogP contribution in [-0.4, -0.2) is 22.2 Å². The average Bonchev–Trinajstić information content (AvgIpc) is 2.96. The number of hydrogen-bond donors (Lipinski definition) is 2. The molecule has 0 amide bonds. The van der Waals surface area contributed by atoms with Crippen molar-refractivity contribution in [2.45, 2.75) is 51.6 Å². The maximum absolute atomic E-state index is 5.84. The Hall–Kier alpha value is -0.440. The van der Waals surface area contributed by atoms with Gasteiger partial charge in [-0.1, -0.05) is 31.1 Å². The van der Waals surface area contributed by atoms with Gasteiger partial charge in [-0.15, -0.1) is 34.2 Å². The van der Waals surface area contributed by atoms with Gasteiger partial charge in [0.2, 0.25) is 0 Å². The third kappa shape index (κ3) is 4.68. The van der Waals surface area contributed by atoms with Crippen molar-refractivity contribution in [3.63, 3.8) is 0 Å². The molecule has 1 aliphatic rings. The van der Waals surface area contributed by atoms with Gasteiger partial charge in [0.15, 0.2) is 5.96 Å². The molecule has 1 heterocycles. The molecule has 1 fully saturated rings. The van der Waals surface area contributed by atoms with Gasteiger partial charge >= 0.3 is 0 Å². The third-order valence-electron chi connectivity index (χ3n) is 2.90. The number of nitrogens with zero attached hydrogens (tertiary/aromatic N) is 3. The molecular formula is C11H20IN5S. The second-order valence-corrected chi connectivity index (χ2v) is 5.42. The van der Waals surface area contributed by atoms with E-state index in [-0.39, 0.29) is 24.0 Å². The van der Waals surface area contributed by atoms with Crippen molar-refractivity contribution < 1.29 is 0 Å². The quantitative estimate of drug-likeness (QED) is 0.476. The zero-order valence-corrected chi connectivity index (χ0v) is 13.7. The smallest absolute Gasteiger partial charge is 0.189 e. The Morgan fingerprint density at radius 1 is 1.39 bits per heavy atom. The molecule has 0 aromatic carbocycles. The monoisotopic (exact) mass is 381 g/mol. The molecule has 102 valence electrons. The minimum absolute atomic E-state index is 0. The third-order valence-corrected chi connectivity index (χ3v) is 3.96. The number of aryl methyl sites for hydroxylation is 1. The Morgan fingerprint density at radius 3 is 2.67 bits per heavy atom. The molecule has 0 unspecified atom stereocenters. The number of rotatable bonds is 4. The van der Waals surface area contributed by atoms with Crippen molar-refractivity contribution in [2.75, 3.05) is 0 Å². The van der Waals surface area contributed by atoms with Crippen molar-refractivity contribution >= 4 is 41.3 Å². The van der Waals surface area contributed by atoms with Crippen LogP contribution in [0.5, 0.6) is 0 Å². The second kappa shape index (κ2) is 7.88. The average molecular weight is 381 g/mol. The number of aromatic nitrogens is 2. The molecule has 7 heteroatoms. The van der Waals surface area contributed by atoms with Gasteiger partial charge in [-0.2, -0.15) is 0 Å². The predicted octanol–water partition coefficient (Wildman–Crippen LogP) is 2.07. The lowest BCUT2D eigenvalue weighted by atomic mass is 10.2. The lowest BCUT2D eigenvalue weighted by Crippen LogP contribution is -2.38. The van der Waals surface area contributed by atoms with Crippen molar-refractivity contribution in [1.29, 1.82) is 0 Å². The first-order valence-electron chi connectivity index (χ1n) is 6.15. The number of guanidine groups is 1. The van der Waals surface area contributed by atoms with Crippen LogP contribution < -0.4 is 11.1 Å². The van der Waals surface area contributed by atoms with Crippen LogP contribution in [0.1, 0.15) is 42.6 Å². The van der Waals surface area contributed by atoms with Crippen LogP contribution in [0, 0.1) is 0 Å². The fraction of sp³-hybridized carbons (Fsp3) is 0.727. The summed E-state index contributed by atoms with van der Waals surface area (Å²) in [6.07, 6.45) is 5.92. The number of hydrogen-bond acceptors (Lipinski definition) is 4. The lowest BCUT2D eigenvalue weighted by Gasteiger charge is -2.11. The normalized spacial score (nSPS) is 16.6. The second-order valence-electron chi connectivity index (χ2n) is 4.27. The van der Waals surface area contributed by atoms with Crippen LogP contribution in [0.2, 0.25) is 0 Å². The Labute approximate surface area is 129 Å². The summed E-state index contributed by atoms with van der Waals surface area (Å²) in [4.78, 5) is 4.30. The summed E-state index contributed by atoms with van der Waals surface area (Å²) in [5.41, 5.74) is 5.84. The van der Waals surface area contributed by atoms with E-state index in [0.29, 0.717) is 18.5 Å². The molecule has 3 N–H and O–H groups in total. The summed E-state index contributed by atoms with van der Waals surface area (Å²) in [6.45, 7) is 2.60. The minimum atomic E-state index is 0. The van der Waals surface area contributed by atoms with E-state index in [0.717, 1.165) is 16.4 Å². The summed E-state index contributed by atoms with van der Waals surface area (Å²) in [7, 11) is 0. The highest BCUT2D eigenvalue weighted by Crippen LogP contribution is 2.17. The molecule has 0 aliphatic heterocycles. The molecule has 0 bridgehead atoms.